The van der Waals surface area contributed by atoms with Crippen LogP contribution >= 0.6 is 35.3 Å². The highest BCUT2D eigenvalue weighted by Crippen LogP contribution is 2.19. The number of benzene rings is 1. The van der Waals surface area contributed by atoms with Crippen LogP contribution < -0.4 is 10.6 Å². The summed E-state index contributed by atoms with van der Waals surface area (Å²) >= 11 is 1.67. The van der Waals surface area contributed by atoms with Crippen molar-refractivity contribution < 1.29 is 4.39 Å². The Hall–Kier alpha value is -1.68. The molecule has 2 aromatic heterocycles. The van der Waals surface area contributed by atoms with Crippen LogP contribution in [0.2, 0.25) is 0 Å². The van der Waals surface area contributed by atoms with Crippen LogP contribution in [-0.2, 0) is 13.0 Å². The average Bonchev–Trinajstić information content (AvgIpc) is 3.17. The largest absolute Gasteiger partial charge is 0.361 e. The zero-order valence-corrected chi connectivity index (χ0v) is 17.2. The summed E-state index contributed by atoms with van der Waals surface area (Å²) in [6, 6.07) is 4.80. The Morgan fingerprint density at radius 2 is 2.20 bits per heavy atom. The molecule has 25 heavy (non-hydrogen) atoms. The van der Waals surface area contributed by atoms with E-state index >= 15 is 0 Å². The molecule has 0 amide bonds. The SMILES string of the molecule is CN=C(NCCc1c[nH]c2ccc(F)cc12)NCc1ncc(C)s1.I. The van der Waals surface area contributed by atoms with Crippen molar-refractivity contribution in [2.45, 2.75) is 19.9 Å². The summed E-state index contributed by atoms with van der Waals surface area (Å²) in [6.07, 6.45) is 4.58. The Kier molecular flexibility index (Phi) is 7.18. The second-order valence-corrected chi connectivity index (χ2v) is 6.79. The molecule has 0 saturated heterocycles. The third-order valence-corrected chi connectivity index (χ3v) is 4.63. The monoisotopic (exact) mass is 473 g/mol. The molecule has 1 aromatic carbocycles. The van der Waals surface area contributed by atoms with Crippen LogP contribution in [0.15, 0.2) is 35.6 Å². The number of aromatic nitrogens is 2. The summed E-state index contributed by atoms with van der Waals surface area (Å²) in [7, 11) is 1.74. The van der Waals surface area contributed by atoms with Crippen molar-refractivity contribution in [2.75, 3.05) is 13.6 Å². The van der Waals surface area contributed by atoms with Crippen molar-refractivity contribution >= 4 is 52.2 Å². The Morgan fingerprint density at radius 1 is 1.36 bits per heavy atom. The number of nitrogens with zero attached hydrogens (tertiary/aromatic N) is 2. The number of aliphatic imine (C=N–C) groups is 1. The van der Waals surface area contributed by atoms with E-state index < -0.39 is 0 Å². The molecule has 3 rings (SSSR count). The van der Waals surface area contributed by atoms with E-state index in [1.54, 1.807) is 30.5 Å². The van der Waals surface area contributed by atoms with Gasteiger partial charge in [-0.1, -0.05) is 0 Å². The molecule has 0 aliphatic carbocycles. The summed E-state index contributed by atoms with van der Waals surface area (Å²) in [6.45, 7) is 3.40. The van der Waals surface area contributed by atoms with Crippen molar-refractivity contribution in [3.05, 3.63) is 51.9 Å². The molecule has 0 spiro atoms. The summed E-state index contributed by atoms with van der Waals surface area (Å²) in [5, 5.41) is 8.48. The van der Waals surface area contributed by atoms with Gasteiger partial charge in [0.25, 0.3) is 0 Å². The van der Waals surface area contributed by atoms with Gasteiger partial charge in [-0.25, -0.2) is 9.37 Å². The van der Waals surface area contributed by atoms with E-state index in [4.69, 9.17) is 0 Å². The van der Waals surface area contributed by atoms with E-state index in [1.807, 2.05) is 19.3 Å². The maximum absolute atomic E-state index is 13.4. The van der Waals surface area contributed by atoms with Crippen LogP contribution in [0.3, 0.4) is 0 Å². The van der Waals surface area contributed by atoms with Gasteiger partial charge in [0.2, 0.25) is 0 Å². The minimum atomic E-state index is -0.215. The molecule has 3 N–H and O–H groups in total. The third-order valence-electron chi connectivity index (χ3n) is 3.72. The van der Waals surface area contributed by atoms with Crippen molar-refractivity contribution in [3.63, 3.8) is 0 Å². The molecular formula is C17H21FIN5S. The number of hydrogen-bond acceptors (Lipinski definition) is 3. The number of nitrogens with one attached hydrogen (secondary N) is 3. The lowest BCUT2D eigenvalue weighted by atomic mass is 10.1. The second-order valence-electron chi connectivity index (χ2n) is 5.47. The first kappa shape index (κ1) is 19.6. The third kappa shape index (κ3) is 5.15. The number of H-pyrrole nitrogens is 1. The Bertz CT molecular complexity index is 858. The molecule has 0 atom stereocenters. The molecule has 0 radical (unpaired) electrons. The van der Waals surface area contributed by atoms with Crippen molar-refractivity contribution in [1.82, 2.24) is 20.6 Å². The predicted molar refractivity (Wildman–Crippen MR) is 112 cm³/mol. The van der Waals surface area contributed by atoms with E-state index in [0.717, 1.165) is 33.9 Å². The maximum Gasteiger partial charge on any atom is 0.191 e. The maximum atomic E-state index is 13.4. The average molecular weight is 473 g/mol. The first-order chi connectivity index (χ1) is 11.7. The van der Waals surface area contributed by atoms with Crippen molar-refractivity contribution in [3.8, 4) is 0 Å². The van der Waals surface area contributed by atoms with Gasteiger partial charge >= 0.3 is 0 Å². The standard InChI is InChI=1S/C17H20FN5S.HI/c1-11-8-22-16(24-11)10-23-17(19-2)20-6-5-12-9-21-15-4-3-13(18)7-14(12)15;/h3-4,7-9,21H,5-6,10H2,1-2H3,(H2,19,20,23);1H. The first-order valence-corrected chi connectivity index (χ1v) is 8.58. The van der Waals surface area contributed by atoms with Gasteiger partial charge in [-0.3, -0.25) is 4.99 Å². The van der Waals surface area contributed by atoms with Gasteiger partial charge in [-0.15, -0.1) is 35.3 Å². The fraction of sp³-hybridized carbons (Fsp3) is 0.294. The number of fused-ring (bicyclic) bond motifs is 1. The Balaban J connectivity index is 0.00000225. The van der Waals surface area contributed by atoms with Crippen LogP contribution in [0.4, 0.5) is 4.39 Å². The Labute approximate surface area is 167 Å². The minimum absolute atomic E-state index is 0. The van der Waals surface area contributed by atoms with E-state index in [0.29, 0.717) is 13.1 Å². The molecule has 0 aliphatic rings. The summed E-state index contributed by atoms with van der Waals surface area (Å²) < 4.78 is 13.4. The zero-order valence-electron chi connectivity index (χ0n) is 14.1. The van der Waals surface area contributed by atoms with Crippen LogP contribution in [-0.4, -0.2) is 29.5 Å². The summed E-state index contributed by atoms with van der Waals surface area (Å²) in [5.41, 5.74) is 2.04. The molecule has 0 saturated carbocycles. The topological polar surface area (TPSA) is 65.1 Å². The van der Waals surface area contributed by atoms with Crippen LogP contribution in [0, 0.1) is 12.7 Å². The summed E-state index contributed by atoms with van der Waals surface area (Å²) in [5.74, 6) is 0.515. The molecule has 0 aliphatic heterocycles. The zero-order chi connectivity index (χ0) is 16.9. The lowest BCUT2D eigenvalue weighted by Gasteiger charge is -2.10. The van der Waals surface area contributed by atoms with Crippen LogP contribution in [0.5, 0.6) is 0 Å². The highest BCUT2D eigenvalue weighted by molar-refractivity contribution is 14.0. The molecule has 2 heterocycles. The quantitative estimate of drug-likeness (QED) is 0.302. The molecule has 5 nitrogen and oxygen atoms in total. The van der Waals surface area contributed by atoms with E-state index in [1.165, 1.54) is 10.9 Å². The van der Waals surface area contributed by atoms with E-state index in [-0.39, 0.29) is 29.8 Å². The summed E-state index contributed by atoms with van der Waals surface area (Å²) in [4.78, 5) is 12.9. The lowest BCUT2D eigenvalue weighted by molar-refractivity contribution is 0.629. The number of rotatable bonds is 5. The molecule has 134 valence electrons. The van der Waals surface area contributed by atoms with E-state index in [9.17, 15) is 4.39 Å². The number of thiazole rings is 1. The first-order valence-electron chi connectivity index (χ1n) is 7.77. The van der Waals surface area contributed by atoms with Gasteiger partial charge in [0, 0.05) is 41.8 Å². The van der Waals surface area contributed by atoms with Crippen LogP contribution in [0.25, 0.3) is 10.9 Å². The molecule has 0 bridgehead atoms. The van der Waals surface area contributed by atoms with Gasteiger partial charge in [0.05, 0.1) is 6.54 Å². The molecule has 0 unspecified atom stereocenters. The van der Waals surface area contributed by atoms with Gasteiger partial charge in [0.1, 0.15) is 10.8 Å². The Morgan fingerprint density at radius 3 is 2.92 bits per heavy atom. The highest BCUT2D eigenvalue weighted by atomic mass is 127. The molecular weight excluding hydrogens is 452 g/mol. The highest BCUT2D eigenvalue weighted by Gasteiger charge is 2.06. The smallest absolute Gasteiger partial charge is 0.191 e. The minimum Gasteiger partial charge on any atom is -0.361 e. The number of aryl methyl sites for hydroxylation is 1. The number of halogens is 2. The van der Waals surface area contributed by atoms with Gasteiger partial charge in [-0.2, -0.15) is 0 Å². The van der Waals surface area contributed by atoms with Crippen LogP contribution in [0.1, 0.15) is 15.4 Å². The number of aromatic amines is 1. The van der Waals surface area contributed by atoms with Gasteiger partial charge in [-0.05, 0) is 37.1 Å². The molecule has 8 heteroatoms. The van der Waals surface area contributed by atoms with Gasteiger partial charge < -0.3 is 15.6 Å². The van der Waals surface area contributed by atoms with Crippen molar-refractivity contribution in [1.29, 1.82) is 0 Å². The molecule has 0 fully saturated rings. The second kappa shape index (κ2) is 9.14. The fourth-order valence-electron chi connectivity index (χ4n) is 2.54. The van der Waals surface area contributed by atoms with E-state index in [2.05, 4.69) is 25.6 Å². The number of hydrogen-bond donors (Lipinski definition) is 3. The van der Waals surface area contributed by atoms with Crippen molar-refractivity contribution in [2.24, 2.45) is 4.99 Å². The number of guanidine groups is 1. The lowest BCUT2D eigenvalue weighted by Crippen LogP contribution is -2.37. The molecule has 3 aromatic rings. The van der Waals surface area contributed by atoms with Gasteiger partial charge in [0.15, 0.2) is 5.96 Å². The fourth-order valence-corrected chi connectivity index (χ4v) is 3.26. The predicted octanol–water partition coefficient (Wildman–Crippen LogP) is 3.60. The normalized spacial score (nSPS) is 11.4.